The van der Waals surface area contributed by atoms with Crippen LogP contribution in [-0.4, -0.2) is 48.6 Å². The number of morpholine rings is 1. The fraction of sp³-hybridized carbons (Fsp3) is 0.417. The molecule has 0 bridgehead atoms. The minimum atomic E-state index is -0.215. The number of ether oxygens (including phenoxy) is 1. The minimum Gasteiger partial charge on any atom is -0.409 e. The lowest BCUT2D eigenvalue weighted by molar-refractivity contribution is 0.00356. The molecule has 104 valence electrons. The minimum absolute atomic E-state index is 0.0244. The first-order valence-corrected chi connectivity index (χ1v) is 6.70. The van der Waals surface area contributed by atoms with Crippen LogP contribution in [0.3, 0.4) is 0 Å². The van der Waals surface area contributed by atoms with E-state index < -0.39 is 0 Å². The van der Waals surface area contributed by atoms with Gasteiger partial charge in [-0.1, -0.05) is 21.1 Å². The highest BCUT2D eigenvalue weighted by Crippen LogP contribution is 2.26. The number of aliphatic hydroxyl groups excluding tert-OH is 1. The zero-order valence-corrected chi connectivity index (χ0v) is 11.9. The lowest BCUT2D eigenvalue weighted by atomic mass is 10.1. The van der Waals surface area contributed by atoms with Gasteiger partial charge in [0.25, 0.3) is 0 Å². The van der Waals surface area contributed by atoms with Crippen LogP contribution in [0, 0.1) is 0 Å². The summed E-state index contributed by atoms with van der Waals surface area (Å²) in [6.45, 7) is 1.77. The molecule has 1 heterocycles. The summed E-state index contributed by atoms with van der Waals surface area (Å²) in [6, 6.07) is 5.53. The highest BCUT2D eigenvalue weighted by molar-refractivity contribution is 9.10. The van der Waals surface area contributed by atoms with Crippen molar-refractivity contribution in [3.8, 4) is 0 Å². The molecular weight excluding hydrogens is 314 g/mol. The van der Waals surface area contributed by atoms with Crippen molar-refractivity contribution in [3.05, 3.63) is 28.2 Å². The third-order valence-electron chi connectivity index (χ3n) is 3.03. The van der Waals surface area contributed by atoms with Crippen molar-refractivity contribution in [2.75, 3.05) is 31.2 Å². The van der Waals surface area contributed by atoms with Crippen molar-refractivity contribution in [1.82, 2.24) is 0 Å². The van der Waals surface area contributed by atoms with E-state index >= 15 is 0 Å². The fourth-order valence-corrected chi connectivity index (χ4v) is 2.43. The standard InChI is InChI=1S/C12H16BrN3O3/c13-8-1-2-10(12(14)15-18)11(5-8)16-3-4-19-9(6-16)7-17/h1-2,5,9,17-18H,3-4,6-7H2,(H2,14,15). The molecule has 1 aromatic carbocycles. The van der Waals surface area contributed by atoms with Gasteiger partial charge in [-0.25, -0.2) is 0 Å². The molecular formula is C12H16BrN3O3. The highest BCUT2D eigenvalue weighted by atomic mass is 79.9. The molecule has 0 spiro atoms. The van der Waals surface area contributed by atoms with Crippen LogP contribution in [0.4, 0.5) is 5.69 Å². The molecule has 0 radical (unpaired) electrons. The number of hydrogen-bond acceptors (Lipinski definition) is 5. The smallest absolute Gasteiger partial charge is 0.172 e. The van der Waals surface area contributed by atoms with E-state index in [1.54, 1.807) is 6.07 Å². The van der Waals surface area contributed by atoms with Crippen LogP contribution in [-0.2, 0) is 4.74 Å². The maximum absolute atomic E-state index is 9.19. The number of amidine groups is 1. The third-order valence-corrected chi connectivity index (χ3v) is 3.52. The number of nitrogens with zero attached hydrogens (tertiary/aromatic N) is 2. The number of halogens is 1. The normalized spacial score (nSPS) is 20.6. The van der Waals surface area contributed by atoms with Gasteiger partial charge in [0, 0.05) is 28.8 Å². The maximum Gasteiger partial charge on any atom is 0.172 e. The van der Waals surface area contributed by atoms with Gasteiger partial charge in [-0.05, 0) is 18.2 Å². The molecule has 4 N–H and O–H groups in total. The predicted molar refractivity (Wildman–Crippen MR) is 75.7 cm³/mol. The molecule has 1 aliphatic rings. The number of benzene rings is 1. The summed E-state index contributed by atoms with van der Waals surface area (Å²) in [5.41, 5.74) is 7.21. The van der Waals surface area contributed by atoms with Gasteiger partial charge >= 0.3 is 0 Å². The molecule has 1 aliphatic heterocycles. The van der Waals surface area contributed by atoms with Crippen LogP contribution in [0.25, 0.3) is 0 Å². The number of rotatable bonds is 3. The van der Waals surface area contributed by atoms with E-state index in [4.69, 9.17) is 15.7 Å². The Balaban J connectivity index is 2.34. The molecule has 2 rings (SSSR count). The Morgan fingerprint density at radius 2 is 2.37 bits per heavy atom. The molecule has 19 heavy (non-hydrogen) atoms. The largest absolute Gasteiger partial charge is 0.409 e. The summed E-state index contributed by atoms with van der Waals surface area (Å²) in [7, 11) is 0. The third kappa shape index (κ3) is 3.17. The van der Waals surface area contributed by atoms with Crippen molar-refractivity contribution < 1.29 is 15.1 Å². The molecule has 0 aliphatic carbocycles. The van der Waals surface area contributed by atoms with Gasteiger partial charge in [0.1, 0.15) is 0 Å². The van der Waals surface area contributed by atoms with E-state index in [9.17, 15) is 5.11 Å². The van der Waals surface area contributed by atoms with Gasteiger partial charge in [0.05, 0.1) is 19.3 Å². The quantitative estimate of drug-likeness (QED) is 0.329. The lowest BCUT2D eigenvalue weighted by Gasteiger charge is -2.34. The van der Waals surface area contributed by atoms with Crippen LogP contribution >= 0.6 is 15.9 Å². The first kappa shape index (κ1) is 14.1. The van der Waals surface area contributed by atoms with E-state index in [-0.39, 0.29) is 18.5 Å². The van der Waals surface area contributed by atoms with Crippen molar-refractivity contribution in [2.24, 2.45) is 10.9 Å². The first-order valence-electron chi connectivity index (χ1n) is 5.90. The molecule has 0 amide bonds. The number of hydrogen-bond donors (Lipinski definition) is 3. The van der Waals surface area contributed by atoms with Crippen molar-refractivity contribution >= 4 is 27.5 Å². The Kier molecular flexibility index (Phi) is 4.62. The molecule has 1 aromatic rings. The van der Waals surface area contributed by atoms with Crippen LogP contribution in [0.1, 0.15) is 5.56 Å². The van der Waals surface area contributed by atoms with Crippen LogP contribution in [0.15, 0.2) is 27.8 Å². The molecule has 0 saturated carbocycles. The first-order chi connectivity index (χ1) is 9.15. The Bertz CT molecular complexity index is 481. The number of anilines is 1. The second kappa shape index (κ2) is 6.23. The number of nitrogens with two attached hydrogens (primary N) is 1. The molecule has 1 fully saturated rings. The van der Waals surface area contributed by atoms with Crippen molar-refractivity contribution in [2.45, 2.75) is 6.10 Å². The Morgan fingerprint density at radius 3 is 3.05 bits per heavy atom. The SMILES string of the molecule is N/C(=N/O)c1ccc(Br)cc1N1CCOC(CO)C1. The van der Waals surface area contributed by atoms with Crippen LogP contribution in [0.5, 0.6) is 0 Å². The summed E-state index contributed by atoms with van der Waals surface area (Å²) in [6.07, 6.45) is -0.215. The average Bonchev–Trinajstić information content (AvgIpc) is 2.46. The molecule has 1 unspecified atom stereocenters. The number of aliphatic hydroxyl groups is 1. The van der Waals surface area contributed by atoms with Crippen LogP contribution in [0.2, 0.25) is 0 Å². The predicted octanol–water partition coefficient (Wildman–Crippen LogP) is 0.741. The maximum atomic E-state index is 9.19. The van der Waals surface area contributed by atoms with Gasteiger partial charge in [0.2, 0.25) is 0 Å². The van der Waals surface area contributed by atoms with E-state index in [0.717, 1.165) is 10.2 Å². The second-order valence-electron chi connectivity index (χ2n) is 4.27. The van der Waals surface area contributed by atoms with E-state index in [0.29, 0.717) is 25.3 Å². The summed E-state index contributed by atoms with van der Waals surface area (Å²) in [4.78, 5) is 2.06. The Hall–Kier alpha value is -1.31. The van der Waals surface area contributed by atoms with Crippen molar-refractivity contribution in [1.29, 1.82) is 0 Å². The summed E-state index contributed by atoms with van der Waals surface area (Å²) in [5.74, 6) is 0.0644. The molecule has 1 atom stereocenters. The molecule has 6 nitrogen and oxygen atoms in total. The fourth-order valence-electron chi connectivity index (χ4n) is 2.09. The van der Waals surface area contributed by atoms with Gasteiger partial charge in [-0.15, -0.1) is 0 Å². The van der Waals surface area contributed by atoms with E-state index in [1.165, 1.54) is 0 Å². The van der Waals surface area contributed by atoms with E-state index in [1.807, 2.05) is 12.1 Å². The van der Waals surface area contributed by atoms with Gasteiger partial charge in [-0.2, -0.15) is 0 Å². The summed E-state index contributed by atoms with van der Waals surface area (Å²) in [5, 5.41) is 21.1. The van der Waals surface area contributed by atoms with Gasteiger partial charge in [-0.3, -0.25) is 0 Å². The molecule has 1 saturated heterocycles. The lowest BCUT2D eigenvalue weighted by Crippen LogP contribution is -2.44. The average molecular weight is 330 g/mol. The zero-order valence-electron chi connectivity index (χ0n) is 10.3. The van der Waals surface area contributed by atoms with Crippen molar-refractivity contribution in [3.63, 3.8) is 0 Å². The Morgan fingerprint density at radius 1 is 1.58 bits per heavy atom. The number of oxime groups is 1. The van der Waals surface area contributed by atoms with Crippen LogP contribution < -0.4 is 10.6 Å². The molecule has 7 heteroatoms. The van der Waals surface area contributed by atoms with Gasteiger partial charge < -0.3 is 25.7 Å². The topological polar surface area (TPSA) is 91.3 Å². The molecule has 0 aromatic heterocycles. The zero-order chi connectivity index (χ0) is 13.8. The summed E-state index contributed by atoms with van der Waals surface area (Å²) < 4.78 is 6.33. The van der Waals surface area contributed by atoms with E-state index in [2.05, 4.69) is 26.0 Å². The summed E-state index contributed by atoms with van der Waals surface area (Å²) >= 11 is 3.42. The van der Waals surface area contributed by atoms with Gasteiger partial charge in [0.15, 0.2) is 5.84 Å². The second-order valence-corrected chi connectivity index (χ2v) is 5.18. The Labute approximate surface area is 119 Å². The monoisotopic (exact) mass is 329 g/mol. The highest BCUT2D eigenvalue weighted by Gasteiger charge is 2.22.